The summed E-state index contributed by atoms with van der Waals surface area (Å²) in [5, 5.41) is 19.1. The average molecular weight is 280 g/mol. The number of hydrogen-bond acceptors (Lipinski definition) is 7. The molecule has 0 saturated heterocycles. The van der Waals surface area contributed by atoms with Gasteiger partial charge >= 0.3 is 11.9 Å². The summed E-state index contributed by atoms with van der Waals surface area (Å²) in [4.78, 5) is 32.5. The molecule has 9 nitrogen and oxygen atoms in total. The van der Waals surface area contributed by atoms with Gasteiger partial charge < -0.3 is 14.9 Å². The molecule has 3 N–H and O–H groups in total. The highest BCUT2D eigenvalue weighted by Crippen LogP contribution is 2.16. The average Bonchev–Trinajstić information content (AvgIpc) is 2.86. The third kappa shape index (κ3) is 3.50. The van der Waals surface area contributed by atoms with Crippen LogP contribution in [0.2, 0.25) is 0 Å². The number of allylic oxidation sites excluding steroid dienone is 1. The van der Waals surface area contributed by atoms with E-state index in [1.54, 1.807) is 6.07 Å². The van der Waals surface area contributed by atoms with Crippen molar-refractivity contribution >= 4 is 17.6 Å². The third-order valence-corrected chi connectivity index (χ3v) is 2.18. The first kappa shape index (κ1) is 15.1. The highest BCUT2D eigenvalue weighted by Gasteiger charge is 2.25. The van der Waals surface area contributed by atoms with Gasteiger partial charge in [0, 0.05) is 0 Å². The molecule has 0 unspecified atom stereocenters. The van der Waals surface area contributed by atoms with E-state index in [0.717, 1.165) is 12.1 Å². The largest absolute Gasteiger partial charge is 0.452 e. The molecule has 0 aliphatic carbocycles. The van der Waals surface area contributed by atoms with E-state index in [-0.39, 0.29) is 5.70 Å². The molecule has 104 valence electrons. The maximum Gasteiger partial charge on any atom is 0.433 e. The van der Waals surface area contributed by atoms with Crippen LogP contribution in [0.3, 0.4) is 0 Å². The standard InChI is InChI=1S/C11H9N3O6/c1-6(13)7(4-12)8(15)5-19-11(16)9-2-3-10(20-9)14(17)18/h2-3,7H,1,5,13H2/p+1/t7-/m0/s1. The molecule has 0 spiro atoms. The Bertz CT molecular complexity index is 612. The number of carbonyl (C=O) groups is 2. The van der Waals surface area contributed by atoms with Crippen molar-refractivity contribution in [3.05, 3.63) is 40.3 Å². The molecule has 0 radical (unpaired) electrons. The first-order valence-electron chi connectivity index (χ1n) is 5.21. The SMILES string of the molecule is C=C([NH3+])[C@H](C#N)C(=O)COC(=O)c1ccc([N+](=O)[O-])o1. The van der Waals surface area contributed by atoms with Gasteiger partial charge in [0.25, 0.3) is 0 Å². The van der Waals surface area contributed by atoms with Crippen LogP contribution in [-0.2, 0) is 9.53 Å². The Morgan fingerprint density at radius 2 is 2.25 bits per heavy atom. The van der Waals surface area contributed by atoms with Crippen LogP contribution in [-0.4, -0.2) is 23.3 Å². The molecule has 0 aliphatic heterocycles. The van der Waals surface area contributed by atoms with E-state index in [0.29, 0.717) is 0 Å². The van der Waals surface area contributed by atoms with Crippen molar-refractivity contribution in [1.82, 2.24) is 0 Å². The van der Waals surface area contributed by atoms with E-state index in [4.69, 9.17) is 5.26 Å². The monoisotopic (exact) mass is 280 g/mol. The summed E-state index contributed by atoms with van der Waals surface area (Å²) in [6.45, 7) is 2.69. The fourth-order valence-electron chi connectivity index (χ4n) is 1.22. The molecule has 0 bridgehead atoms. The maximum absolute atomic E-state index is 11.5. The lowest BCUT2D eigenvalue weighted by molar-refractivity contribution is -0.402. The summed E-state index contributed by atoms with van der Waals surface area (Å²) in [6.07, 6.45) is 0. The van der Waals surface area contributed by atoms with Gasteiger partial charge in [-0.15, -0.1) is 0 Å². The van der Waals surface area contributed by atoms with Gasteiger partial charge in [0.05, 0.1) is 12.1 Å². The van der Waals surface area contributed by atoms with Gasteiger partial charge in [-0.1, -0.05) is 0 Å². The zero-order valence-electron chi connectivity index (χ0n) is 10.2. The fraction of sp³-hybridized carbons (Fsp3) is 0.182. The number of quaternary nitrogens is 1. The number of furan rings is 1. The Morgan fingerprint density at radius 1 is 1.60 bits per heavy atom. The second kappa shape index (κ2) is 6.26. The lowest BCUT2D eigenvalue weighted by atomic mass is 10.0. The molecule has 1 aromatic rings. The van der Waals surface area contributed by atoms with E-state index in [1.807, 2.05) is 0 Å². The number of carbonyl (C=O) groups excluding carboxylic acids is 2. The molecule has 1 aromatic heterocycles. The number of nitro groups is 1. The number of hydrogen-bond donors (Lipinski definition) is 1. The van der Waals surface area contributed by atoms with Crippen molar-refractivity contribution in [1.29, 1.82) is 5.26 Å². The fourth-order valence-corrected chi connectivity index (χ4v) is 1.22. The van der Waals surface area contributed by atoms with Crippen LogP contribution in [0, 0.1) is 27.4 Å². The van der Waals surface area contributed by atoms with E-state index in [2.05, 4.69) is 21.5 Å². The normalized spacial score (nSPS) is 11.2. The van der Waals surface area contributed by atoms with E-state index in [1.165, 1.54) is 0 Å². The quantitative estimate of drug-likeness (QED) is 0.430. The summed E-state index contributed by atoms with van der Waals surface area (Å²) in [6, 6.07) is 3.70. The highest BCUT2D eigenvalue weighted by molar-refractivity contribution is 5.91. The minimum absolute atomic E-state index is 0.0854. The topological polar surface area (TPSA) is 151 Å². The minimum atomic E-state index is -1.17. The van der Waals surface area contributed by atoms with Crippen LogP contribution in [0.1, 0.15) is 10.6 Å². The summed E-state index contributed by atoms with van der Waals surface area (Å²) in [5.74, 6) is -3.94. The molecule has 0 aliphatic rings. The van der Waals surface area contributed by atoms with Gasteiger partial charge in [-0.2, -0.15) is 5.26 Å². The number of ketones is 1. The second-order valence-electron chi connectivity index (χ2n) is 3.66. The Balaban J connectivity index is 2.63. The molecule has 0 fully saturated rings. The van der Waals surface area contributed by atoms with Crippen molar-refractivity contribution < 1.29 is 29.4 Å². The van der Waals surface area contributed by atoms with Crippen molar-refractivity contribution in [2.75, 3.05) is 6.61 Å². The summed E-state index contributed by atoms with van der Waals surface area (Å²) in [7, 11) is 0. The van der Waals surface area contributed by atoms with Gasteiger partial charge in [-0.25, -0.2) is 4.79 Å². The summed E-state index contributed by atoms with van der Waals surface area (Å²) < 4.78 is 9.18. The molecule has 20 heavy (non-hydrogen) atoms. The molecular weight excluding hydrogens is 270 g/mol. The molecule has 9 heteroatoms. The first-order chi connectivity index (χ1) is 9.36. The van der Waals surface area contributed by atoms with Crippen LogP contribution in [0.4, 0.5) is 5.88 Å². The smallest absolute Gasteiger partial charge is 0.433 e. The molecule has 0 saturated carbocycles. The number of nitriles is 1. The number of ether oxygens (including phenoxy) is 1. The Hall–Kier alpha value is -2.99. The molecular formula is C11H10N3O6+. The van der Waals surface area contributed by atoms with Gasteiger partial charge in [0.2, 0.25) is 5.76 Å². The molecule has 1 atom stereocenters. The third-order valence-electron chi connectivity index (χ3n) is 2.18. The second-order valence-corrected chi connectivity index (χ2v) is 3.66. The first-order valence-corrected chi connectivity index (χ1v) is 5.21. The maximum atomic E-state index is 11.5. The van der Waals surface area contributed by atoms with Gasteiger partial charge in [0.15, 0.2) is 18.3 Å². The van der Waals surface area contributed by atoms with Crippen LogP contribution in [0.5, 0.6) is 0 Å². The van der Waals surface area contributed by atoms with E-state index < -0.39 is 40.8 Å². The molecule has 0 aromatic carbocycles. The lowest BCUT2D eigenvalue weighted by Gasteiger charge is -2.05. The predicted molar refractivity (Wildman–Crippen MR) is 61.8 cm³/mol. The number of rotatable bonds is 6. The predicted octanol–water partition coefficient (Wildman–Crippen LogP) is -0.191. The van der Waals surface area contributed by atoms with Crippen LogP contribution < -0.4 is 5.73 Å². The summed E-state index contributed by atoms with van der Waals surface area (Å²) in [5.41, 5.74) is 3.45. The van der Waals surface area contributed by atoms with Crippen molar-refractivity contribution in [2.24, 2.45) is 5.92 Å². The highest BCUT2D eigenvalue weighted by atomic mass is 16.7. The Morgan fingerprint density at radius 3 is 2.70 bits per heavy atom. The Kier molecular flexibility index (Phi) is 4.71. The Labute approximate surface area is 112 Å². The minimum Gasteiger partial charge on any atom is -0.452 e. The van der Waals surface area contributed by atoms with Crippen LogP contribution >= 0.6 is 0 Å². The van der Waals surface area contributed by atoms with Gasteiger partial charge in [0.1, 0.15) is 10.6 Å². The number of Topliss-reactive ketones (excluding diaryl/α,β-unsaturated/α-hetero) is 1. The van der Waals surface area contributed by atoms with Crippen molar-refractivity contribution in [3.63, 3.8) is 0 Å². The molecule has 1 heterocycles. The number of nitrogens with zero attached hydrogens (tertiary/aromatic N) is 2. The van der Waals surface area contributed by atoms with Gasteiger partial charge in [-0.3, -0.25) is 14.9 Å². The van der Waals surface area contributed by atoms with Crippen molar-refractivity contribution in [2.45, 2.75) is 0 Å². The van der Waals surface area contributed by atoms with Gasteiger partial charge in [-0.05, 0) is 12.6 Å². The van der Waals surface area contributed by atoms with Crippen LogP contribution in [0.25, 0.3) is 0 Å². The summed E-state index contributed by atoms with van der Waals surface area (Å²) >= 11 is 0. The number of esters is 1. The van der Waals surface area contributed by atoms with Crippen LogP contribution in [0.15, 0.2) is 28.8 Å². The van der Waals surface area contributed by atoms with E-state index >= 15 is 0 Å². The zero-order valence-corrected chi connectivity index (χ0v) is 10.2. The van der Waals surface area contributed by atoms with Crippen molar-refractivity contribution in [3.8, 4) is 6.07 Å². The lowest BCUT2D eigenvalue weighted by Crippen LogP contribution is -2.51. The van der Waals surface area contributed by atoms with E-state index in [9.17, 15) is 19.7 Å². The molecule has 0 amide bonds. The zero-order chi connectivity index (χ0) is 15.3. The molecule has 1 rings (SSSR count).